The van der Waals surface area contributed by atoms with Crippen LogP contribution in [0.2, 0.25) is 0 Å². The maximum absolute atomic E-state index is 14.2. The summed E-state index contributed by atoms with van der Waals surface area (Å²) in [5, 5.41) is 10.3. The molecule has 0 aliphatic carbocycles. The van der Waals surface area contributed by atoms with Crippen molar-refractivity contribution in [2.75, 3.05) is 27.2 Å². The van der Waals surface area contributed by atoms with Crippen molar-refractivity contribution >= 4 is 41.4 Å². The van der Waals surface area contributed by atoms with Crippen LogP contribution in [0.15, 0.2) is 30.3 Å². The lowest BCUT2D eigenvalue weighted by Gasteiger charge is -2.37. The molecular weight excluding hydrogens is 696 g/mol. The highest BCUT2D eigenvalue weighted by atomic mass is 16.6. The molecule has 1 aliphatic heterocycles. The van der Waals surface area contributed by atoms with Crippen molar-refractivity contribution in [1.82, 2.24) is 31.1 Å². The van der Waals surface area contributed by atoms with Crippen molar-refractivity contribution in [2.24, 2.45) is 5.41 Å². The Kier molecular flexibility index (Phi) is 16.2. The largest absolute Gasteiger partial charge is 0.444 e. The van der Waals surface area contributed by atoms with E-state index in [0.717, 1.165) is 0 Å². The molecule has 1 aliphatic rings. The number of nitrogens with one attached hydrogen (secondary N) is 4. The number of hydrogen-bond donors (Lipinski definition) is 4. The van der Waals surface area contributed by atoms with Crippen molar-refractivity contribution in [3.8, 4) is 0 Å². The second kappa shape index (κ2) is 19.2. The van der Waals surface area contributed by atoms with E-state index < -0.39 is 88.9 Å². The molecule has 5 atom stereocenters. The summed E-state index contributed by atoms with van der Waals surface area (Å²) in [6, 6.07) is 4.02. The number of carbonyl (C=O) groups is 7. The van der Waals surface area contributed by atoms with Gasteiger partial charge < -0.3 is 40.5 Å². The molecule has 1 fully saturated rings. The van der Waals surface area contributed by atoms with Gasteiger partial charge in [-0.3, -0.25) is 28.8 Å². The lowest BCUT2D eigenvalue weighted by atomic mass is 9.85. The van der Waals surface area contributed by atoms with Crippen LogP contribution in [-0.2, 0) is 38.2 Å². The van der Waals surface area contributed by atoms with E-state index in [4.69, 9.17) is 9.47 Å². The van der Waals surface area contributed by atoms with Crippen molar-refractivity contribution in [3.05, 3.63) is 35.9 Å². The van der Waals surface area contributed by atoms with E-state index in [9.17, 15) is 33.6 Å². The fourth-order valence-electron chi connectivity index (χ4n) is 5.88. The van der Waals surface area contributed by atoms with Crippen molar-refractivity contribution < 1.29 is 43.0 Å². The average Bonchev–Trinajstić information content (AvgIpc) is 3.46. The van der Waals surface area contributed by atoms with E-state index >= 15 is 0 Å². The first-order valence-electron chi connectivity index (χ1n) is 18.5. The van der Waals surface area contributed by atoms with Crippen LogP contribution in [0.1, 0.15) is 107 Å². The number of alkyl carbamates (subject to hydrolysis) is 1. The molecule has 0 aromatic heterocycles. The number of Topliss-reactive ketones (excluding diaryl/α,β-unsaturated/α-hetero) is 1. The summed E-state index contributed by atoms with van der Waals surface area (Å²) in [7, 11) is 3.11. The van der Waals surface area contributed by atoms with Gasteiger partial charge in [-0.1, -0.05) is 70.9 Å². The zero-order valence-electron chi connectivity index (χ0n) is 34.1. The summed E-state index contributed by atoms with van der Waals surface area (Å²) in [6.45, 7) is 17.3. The van der Waals surface area contributed by atoms with Gasteiger partial charge in [0.15, 0.2) is 0 Å². The Bertz CT molecular complexity index is 1490. The maximum Gasteiger partial charge on any atom is 0.408 e. The van der Waals surface area contributed by atoms with E-state index in [-0.39, 0.29) is 18.9 Å². The second-order valence-corrected chi connectivity index (χ2v) is 16.9. The van der Waals surface area contributed by atoms with Gasteiger partial charge in [0, 0.05) is 20.6 Å². The Morgan fingerprint density at radius 3 is 2.00 bits per heavy atom. The van der Waals surface area contributed by atoms with Crippen LogP contribution in [0.5, 0.6) is 0 Å². The number of carbonyl (C=O) groups excluding carboxylic acids is 7. The quantitative estimate of drug-likeness (QED) is 0.195. The Hall–Kier alpha value is -4.53. The van der Waals surface area contributed by atoms with E-state index in [1.54, 1.807) is 86.0 Å². The molecule has 15 nitrogen and oxygen atoms in total. The monoisotopic (exact) mass is 758 g/mol. The Morgan fingerprint density at radius 1 is 0.870 bits per heavy atom. The summed E-state index contributed by atoms with van der Waals surface area (Å²) in [5.74, 6) is -4.40. The number of likely N-dealkylation sites (N-methyl/N-ethyl adjacent to an activating group) is 1. The van der Waals surface area contributed by atoms with Gasteiger partial charge in [-0.15, -0.1) is 0 Å². The fraction of sp³-hybridized carbons (Fsp3) is 0.667. The Labute approximate surface area is 320 Å². The first-order valence-corrected chi connectivity index (χ1v) is 18.5. The zero-order valence-corrected chi connectivity index (χ0v) is 34.1. The third kappa shape index (κ3) is 14.0. The number of benzene rings is 1. The number of amides is 6. The van der Waals surface area contributed by atoms with Gasteiger partial charge in [0.25, 0.3) is 5.91 Å². The van der Waals surface area contributed by atoms with Crippen LogP contribution < -0.4 is 21.3 Å². The molecule has 1 heterocycles. The minimum Gasteiger partial charge on any atom is -0.444 e. The van der Waals surface area contributed by atoms with E-state index in [1.807, 2.05) is 27.7 Å². The minimum absolute atomic E-state index is 0.115. The molecule has 1 saturated heterocycles. The van der Waals surface area contributed by atoms with Crippen LogP contribution >= 0.6 is 0 Å². The fourth-order valence-corrected chi connectivity index (χ4v) is 5.88. The van der Waals surface area contributed by atoms with Gasteiger partial charge in [0.05, 0.1) is 24.3 Å². The van der Waals surface area contributed by atoms with Crippen LogP contribution in [0.4, 0.5) is 4.79 Å². The van der Waals surface area contributed by atoms with E-state index in [0.29, 0.717) is 24.8 Å². The highest BCUT2D eigenvalue weighted by molar-refractivity contribution is 6.38. The lowest BCUT2D eigenvalue weighted by Crippen LogP contribution is -2.61. The Morgan fingerprint density at radius 2 is 1.48 bits per heavy atom. The predicted molar refractivity (Wildman–Crippen MR) is 203 cm³/mol. The molecule has 6 amide bonds. The number of ether oxygens (including phenoxy) is 2. The summed E-state index contributed by atoms with van der Waals surface area (Å²) in [6.07, 6.45) is -0.00569. The predicted octanol–water partition coefficient (Wildman–Crippen LogP) is 3.02. The minimum atomic E-state index is -1.28. The van der Waals surface area contributed by atoms with Crippen molar-refractivity contribution in [2.45, 2.75) is 136 Å². The second-order valence-electron chi connectivity index (χ2n) is 16.9. The average molecular weight is 759 g/mol. The molecule has 1 aromatic carbocycles. The number of hydrogen-bond acceptors (Lipinski definition) is 9. The highest BCUT2D eigenvalue weighted by Crippen LogP contribution is 2.30. The normalized spacial score (nSPS) is 17.7. The molecule has 1 unspecified atom stereocenters. The molecule has 4 N–H and O–H groups in total. The number of rotatable bonds is 15. The molecule has 2 rings (SSSR count). The maximum atomic E-state index is 14.2. The molecule has 0 radical (unpaired) electrons. The Balaban J connectivity index is 2.31. The van der Waals surface area contributed by atoms with Crippen LogP contribution in [0.25, 0.3) is 0 Å². The van der Waals surface area contributed by atoms with Gasteiger partial charge >= 0.3 is 6.09 Å². The topological polar surface area (TPSA) is 193 Å². The third-order valence-electron chi connectivity index (χ3n) is 8.41. The molecule has 15 heteroatoms. The SMILES string of the molecule is CCCC[C@H](NC(=O)[C@@H]1[C@@H](OC(C)(C)C)CCN1C(=O)[C@@H](NC(=O)OC(C)(C)C)C(C)(C)C)C(=O)C(=O)NCC(=O)NC(C(=O)N(C)C)c1ccccc1. The highest BCUT2D eigenvalue weighted by Gasteiger charge is 2.48. The zero-order chi connectivity index (χ0) is 41.2. The number of unbranched alkanes of at least 4 members (excludes halogenated alkanes) is 1. The lowest BCUT2D eigenvalue weighted by molar-refractivity contribution is -0.149. The number of likely N-dealkylation sites (tertiary alicyclic amines) is 1. The molecule has 0 bridgehead atoms. The summed E-state index contributed by atoms with van der Waals surface area (Å²) in [4.78, 5) is 96.5. The van der Waals surface area contributed by atoms with Crippen LogP contribution in [0, 0.1) is 5.41 Å². The van der Waals surface area contributed by atoms with Crippen LogP contribution in [0.3, 0.4) is 0 Å². The summed E-state index contributed by atoms with van der Waals surface area (Å²) in [5.41, 5.74) is -1.77. The van der Waals surface area contributed by atoms with Crippen LogP contribution in [-0.4, -0.2) is 114 Å². The number of ketones is 1. The molecule has 302 valence electrons. The molecule has 1 aromatic rings. The first kappa shape index (κ1) is 45.6. The van der Waals surface area contributed by atoms with Gasteiger partial charge in [-0.2, -0.15) is 0 Å². The van der Waals surface area contributed by atoms with Gasteiger partial charge in [-0.05, 0) is 65.4 Å². The first-order chi connectivity index (χ1) is 24.9. The molecule has 0 saturated carbocycles. The molecule has 54 heavy (non-hydrogen) atoms. The smallest absolute Gasteiger partial charge is 0.408 e. The van der Waals surface area contributed by atoms with Gasteiger partial charge in [-0.25, -0.2) is 4.79 Å². The summed E-state index contributed by atoms with van der Waals surface area (Å²) < 4.78 is 11.7. The number of nitrogens with zero attached hydrogens (tertiary/aromatic N) is 2. The van der Waals surface area contributed by atoms with E-state index in [2.05, 4.69) is 21.3 Å². The van der Waals surface area contributed by atoms with Crippen molar-refractivity contribution in [3.63, 3.8) is 0 Å². The third-order valence-corrected chi connectivity index (χ3v) is 8.41. The molecule has 0 spiro atoms. The van der Waals surface area contributed by atoms with Gasteiger partial charge in [0.2, 0.25) is 29.4 Å². The van der Waals surface area contributed by atoms with Crippen molar-refractivity contribution in [1.29, 1.82) is 0 Å². The molecular formula is C39H62N6O9. The summed E-state index contributed by atoms with van der Waals surface area (Å²) >= 11 is 0. The standard InChI is InChI=1S/C39H62N6O9/c1-13-14-20-25(30(47)33(49)40-23-27(46)42-28(34(50)44(11)12)24-18-16-15-17-19-24)41-32(48)29-26(53-38(5,6)7)21-22-45(29)35(51)31(37(2,3)4)43-36(52)54-39(8,9)10/h15-19,25-26,28-29,31H,13-14,20-23H2,1-12H3,(H,40,49)(H,41,48)(H,42,46)(H,43,52)/t25-,26-,28?,29-,31+/m0/s1. The van der Waals surface area contributed by atoms with Gasteiger partial charge in [0.1, 0.15) is 23.7 Å². The van der Waals surface area contributed by atoms with E-state index in [1.165, 1.54) is 9.80 Å².